The van der Waals surface area contributed by atoms with Crippen LogP contribution in [0.2, 0.25) is 0 Å². The summed E-state index contributed by atoms with van der Waals surface area (Å²) in [6, 6.07) is 8.01. The van der Waals surface area contributed by atoms with E-state index in [1.807, 2.05) is 36.5 Å². The van der Waals surface area contributed by atoms with E-state index in [4.69, 9.17) is 0 Å². The van der Waals surface area contributed by atoms with Gasteiger partial charge in [0, 0.05) is 17.0 Å². The average molecular weight is 302 g/mol. The van der Waals surface area contributed by atoms with Crippen molar-refractivity contribution in [1.82, 2.24) is 9.88 Å². The molecule has 1 aromatic heterocycles. The van der Waals surface area contributed by atoms with Crippen LogP contribution in [0, 0.1) is 6.92 Å². The summed E-state index contributed by atoms with van der Waals surface area (Å²) in [4.78, 5) is 19.8. The Labute approximate surface area is 130 Å². The molecule has 0 bridgehead atoms. The van der Waals surface area contributed by atoms with E-state index in [-0.39, 0.29) is 5.78 Å². The van der Waals surface area contributed by atoms with Crippen molar-refractivity contribution in [2.24, 2.45) is 0 Å². The minimum atomic E-state index is 0.169. The zero-order chi connectivity index (χ0) is 15.2. The van der Waals surface area contributed by atoms with Crippen molar-refractivity contribution in [1.29, 1.82) is 0 Å². The van der Waals surface area contributed by atoms with Gasteiger partial charge in [0.15, 0.2) is 5.78 Å². The van der Waals surface area contributed by atoms with Gasteiger partial charge in [0.2, 0.25) is 0 Å². The van der Waals surface area contributed by atoms with Gasteiger partial charge in [-0.2, -0.15) is 0 Å². The molecule has 0 radical (unpaired) electrons. The summed E-state index contributed by atoms with van der Waals surface area (Å²) >= 11 is 1.64. The van der Waals surface area contributed by atoms with Gasteiger partial charge in [-0.15, -0.1) is 11.3 Å². The topological polar surface area (TPSA) is 33.2 Å². The van der Waals surface area contributed by atoms with Gasteiger partial charge in [0.25, 0.3) is 0 Å². The van der Waals surface area contributed by atoms with Crippen molar-refractivity contribution in [3.63, 3.8) is 0 Å². The van der Waals surface area contributed by atoms with E-state index in [1.54, 1.807) is 11.3 Å². The lowest BCUT2D eigenvalue weighted by Crippen LogP contribution is -2.25. The molecule has 0 spiro atoms. The predicted molar refractivity (Wildman–Crippen MR) is 88.0 cm³/mol. The second kappa shape index (κ2) is 7.48. The Morgan fingerprint density at radius 2 is 2.00 bits per heavy atom. The standard InChI is InChI=1S/C17H22N2OS/c1-4-5-14-6-8-15(9-7-14)16(20)10-19(3)11-17-13(2)18-12-21-17/h6-9,12H,4-5,10-11H2,1-3H3. The Kier molecular flexibility index (Phi) is 5.65. The number of carbonyl (C=O) groups is 1. The first kappa shape index (κ1) is 15.9. The average Bonchev–Trinajstić information content (AvgIpc) is 2.85. The molecule has 21 heavy (non-hydrogen) atoms. The molecule has 0 unspecified atom stereocenters. The van der Waals surface area contributed by atoms with Crippen LogP contribution < -0.4 is 0 Å². The van der Waals surface area contributed by atoms with Crippen LogP contribution in [0.15, 0.2) is 29.8 Å². The summed E-state index contributed by atoms with van der Waals surface area (Å²) in [5.41, 5.74) is 5.00. The molecule has 2 rings (SSSR count). The Hall–Kier alpha value is -1.52. The van der Waals surface area contributed by atoms with Gasteiger partial charge < -0.3 is 0 Å². The largest absolute Gasteiger partial charge is 0.294 e. The minimum Gasteiger partial charge on any atom is -0.294 e. The maximum absolute atomic E-state index is 12.3. The third-order valence-electron chi connectivity index (χ3n) is 3.49. The molecule has 0 aliphatic carbocycles. The lowest BCUT2D eigenvalue weighted by molar-refractivity contribution is 0.0943. The second-order valence-corrected chi connectivity index (χ2v) is 6.34. The summed E-state index contributed by atoms with van der Waals surface area (Å²) in [5, 5.41) is 0. The predicted octanol–water partition coefficient (Wildman–Crippen LogP) is 3.72. The molecule has 3 nitrogen and oxygen atoms in total. The molecular weight excluding hydrogens is 280 g/mol. The number of ketones is 1. The van der Waals surface area contributed by atoms with Crippen LogP contribution in [0.25, 0.3) is 0 Å². The first-order valence-electron chi connectivity index (χ1n) is 7.29. The number of carbonyl (C=O) groups excluding carboxylic acids is 1. The van der Waals surface area contributed by atoms with Crippen LogP contribution in [0.4, 0.5) is 0 Å². The highest BCUT2D eigenvalue weighted by atomic mass is 32.1. The molecule has 1 aromatic carbocycles. The maximum atomic E-state index is 12.3. The zero-order valence-corrected chi connectivity index (χ0v) is 13.7. The fourth-order valence-electron chi connectivity index (χ4n) is 2.26. The van der Waals surface area contributed by atoms with Gasteiger partial charge in [-0.05, 0) is 26.0 Å². The highest BCUT2D eigenvalue weighted by molar-refractivity contribution is 7.09. The van der Waals surface area contributed by atoms with Crippen molar-refractivity contribution >= 4 is 17.1 Å². The number of hydrogen-bond acceptors (Lipinski definition) is 4. The third-order valence-corrected chi connectivity index (χ3v) is 4.41. The Morgan fingerprint density at radius 3 is 2.57 bits per heavy atom. The molecule has 2 aromatic rings. The molecule has 1 heterocycles. The maximum Gasteiger partial charge on any atom is 0.176 e. The zero-order valence-electron chi connectivity index (χ0n) is 12.9. The van der Waals surface area contributed by atoms with Gasteiger partial charge >= 0.3 is 0 Å². The molecule has 0 aliphatic heterocycles. The molecule has 0 saturated heterocycles. The lowest BCUT2D eigenvalue weighted by atomic mass is 10.1. The SMILES string of the molecule is CCCc1ccc(C(=O)CN(C)Cc2scnc2C)cc1. The molecular formula is C17H22N2OS. The molecule has 0 fully saturated rings. The van der Waals surface area contributed by atoms with Crippen LogP contribution in [0.1, 0.15) is 39.8 Å². The summed E-state index contributed by atoms with van der Waals surface area (Å²) < 4.78 is 0. The first-order valence-corrected chi connectivity index (χ1v) is 8.17. The number of aryl methyl sites for hydroxylation is 2. The number of rotatable bonds is 7. The van der Waals surface area contributed by atoms with E-state index >= 15 is 0 Å². The van der Waals surface area contributed by atoms with Crippen LogP contribution in [-0.2, 0) is 13.0 Å². The van der Waals surface area contributed by atoms with E-state index < -0.39 is 0 Å². The van der Waals surface area contributed by atoms with Crippen LogP contribution in [0.3, 0.4) is 0 Å². The van der Waals surface area contributed by atoms with E-state index in [0.29, 0.717) is 6.54 Å². The quantitative estimate of drug-likeness (QED) is 0.731. The molecule has 0 saturated carbocycles. The third kappa shape index (κ3) is 4.48. The molecule has 0 N–H and O–H groups in total. The summed E-state index contributed by atoms with van der Waals surface area (Å²) in [6.07, 6.45) is 2.20. The lowest BCUT2D eigenvalue weighted by Gasteiger charge is -2.15. The van der Waals surface area contributed by atoms with Crippen molar-refractivity contribution in [2.75, 3.05) is 13.6 Å². The fraction of sp³-hybridized carbons (Fsp3) is 0.412. The molecule has 0 aliphatic rings. The molecule has 112 valence electrons. The fourth-order valence-corrected chi connectivity index (χ4v) is 3.12. The molecule has 0 amide bonds. The molecule has 0 atom stereocenters. The Morgan fingerprint density at radius 1 is 1.29 bits per heavy atom. The number of nitrogens with zero attached hydrogens (tertiary/aromatic N) is 2. The van der Waals surface area contributed by atoms with Crippen molar-refractivity contribution in [3.8, 4) is 0 Å². The highest BCUT2D eigenvalue weighted by Crippen LogP contribution is 2.14. The van der Waals surface area contributed by atoms with Gasteiger partial charge in [-0.3, -0.25) is 9.69 Å². The summed E-state index contributed by atoms with van der Waals surface area (Å²) in [7, 11) is 1.97. The van der Waals surface area contributed by atoms with E-state index in [1.165, 1.54) is 10.4 Å². The van der Waals surface area contributed by atoms with Crippen LogP contribution in [-0.4, -0.2) is 29.3 Å². The van der Waals surface area contributed by atoms with E-state index in [2.05, 4.69) is 24.0 Å². The van der Waals surface area contributed by atoms with Crippen molar-refractivity contribution in [2.45, 2.75) is 33.2 Å². The van der Waals surface area contributed by atoms with E-state index in [9.17, 15) is 4.79 Å². The number of benzene rings is 1. The van der Waals surface area contributed by atoms with Crippen molar-refractivity contribution in [3.05, 3.63) is 51.5 Å². The number of Topliss-reactive ketones (excluding diaryl/α,β-unsaturated/α-hetero) is 1. The first-order chi connectivity index (χ1) is 10.1. The number of thiazole rings is 1. The van der Waals surface area contributed by atoms with E-state index in [0.717, 1.165) is 30.6 Å². The number of likely N-dealkylation sites (N-methyl/N-ethyl adjacent to an activating group) is 1. The Bertz CT molecular complexity index is 589. The summed E-state index contributed by atoms with van der Waals surface area (Å²) in [6.45, 7) is 5.38. The van der Waals surface area contributed by atoms with Crippen LogP contribution >= 0.6 is 11.3 Å². The van der Waals surface area contributed by atoms with Gasteiger partial charge in [0.05, 0.1) is 17.7 Å². The highest BCUT2D eigenvalue weighted by Gasteiger charge is 2.11. The van der Waals surface area contributed by atoms with Crippen LogP contribution in [0.5, 0.6) is 0 Å². The van der Waals surface area contributed by atoms with Gasteiger partial charge in [0.1, 0.15) is 0 Å². The normalized spacial score (nSPS) is 11.0. The summed E-state index contributed by atoms with van der Waals surface area (Å²) in [5.74, 6) is 0.169. The molecule has 4 heteroatoms. The van der Waals surface area contributed by atoms with Crippen molar-refractivity contribution < 1.29 is 4.79 Å². The number of aromatic nitrogens is 1. The monoisotopic (exact) mass is 302 g/mol. The van der Waals surface area contributed by atoms with Gasteiger partial charge in [-0.25, -0.2) is 4.98 Å². The Balaban J connectivity index is 1.92. The van der Waals surface area contributed by atoms with Gasteiger partial charge in [-0.1, -0.05) is 37.6 Å². The smallest absolute Gasteiger partial charge is 0.176 e. The minimum absolute atomic E-state index is 0.169. The second-order valence-electron chi connectivity index (χ2n) is 5.40. The number of hydrogen-bond donors (Lipinski definition) is 0.